The summed E-state index contributed by atoms with van der Waals surface area (Å²) in [7, 11) is 1.35. The zero-order valence-electron chi connectivity index (χ0n) is 33.7. The molecule has 0 atom stereocenters. The number of benzene rings is 2. The summed E-state index contributed by atoms with van der Waals surface area (Å²) in [5.74, 6) is -0.358. The third kappa shape index (κ3) is 13.1. The lowest BCUT2D eigenvalue weighted by molar-refractivity contribution is 0.0480. The van der Waals surface area contributed by atoms with E-state index in [1.54, 1.807) is 48.8 Å². The molecule has 4 aromatic rings. The van der Waals surface area contributed by atoms with Crippen molar-refractivity contribution < 1.29 is 38.5 Å². The van der Waals surface area contributed by atoms with Crippen LogP contribution in [0.4, 0.5) is 21.5 Å². The molecular weight excluding hydrogens is 732 g/mol. The minimum absolute atomic E-state index is 0.101. The largest absolute Gasteiger partial charge is 0.478 e. The second kappa shape index (κ2) is 18.4. The van der Waals surface area contributed by atoms with Crippen LogP contribution in [0.5, 0.6) is 0 Å². The van der Waals surface area contributed by atoms with E-state index in [1.165, 1.54) is 7.11 Å². The average molecular weight is 787 g/mol. The molecule has 0 unspecified atom stereocenters. The molecule has 306 valence electrons. The van der Waals surface area contributed by atoms with Crippen LogP contribution in [0.25, 0.3) is 21.8 Å². The first-order chi connectivity index (χ1) is 26.9. The molecule has 2 amide bonds. The maximum atomic E-state index is 11.9. The molecule has 0 saturated heterocycles. The van der Waals surface area contributed by atoms with Crippen LogP contribution < -0.4 is 21.3 Å². The molecule has 0 spiro atoms. The zero-order chi connectivity index (χ0) is 41.3. The Morgan fingerprint density at radius 3 is 1.39 bits per heavy atom. The van der Waals surface area contributed by atoms with Crippen molar-refractivity contribution in [1.82, 2.24) is 30.6 Å². The van der Waals surface area contributed by atoms with Crippen LogP contribution in [0.3, 0.4) is 0 Å². The monoisotopic (exact) mass is 786 g/mol. The Morgan fingerprint density at radius 1 is 0.614 bits per heavy atom. The van der Waals surface area contributed by atoms with Crippen molar-refractivity contribution in [2.75, 3.05) is 17.7 Å². The van der Waals surface area contributed by atoms with E-state index in [0.717, 1.165) is 62.1 Å². The number of aromatic carboxylic acids is 1. The van der Waals surface area contributed by atoms with E-state index in [1.807, 2.05) is 41.5 Å². The molecule has 0 radical (unpaired) electrons. The number of aromatic nitrogens is 4. The molecule has 2 heterocycles. The van der Waals surface area contributed by atoms with Gasteiger partial charge in [0.2, 0.25) is 11.9 Å². The van der Waals surface area contributed by atoms with Gasteiger partial charge in [0.25, 0.3) is 0 Å². The van der Waals surface area contributed by atoms with Gasteiger partial charge in [-0.2, -0.15) is 0 Å². The smallest absolute Gasteiger partial charge is 0.407 e. The molecule has 2 aliphatic carbocycles. The number of amides is 2. The lowest BCUT2D eigenvalue weighted by Gasteiger charge is -2.30. The average Bonchev–Trinajstić information content (AvgIpc) is 3.14. The number of rotatable bonds is 8. The molecule has 0 aliphatic heterocycles. The molecule has 57 heavy (non-hydrogen) atoms. The minimum atomic E-state index is -0.981. The second-order valence-corrected chi connectivity index (χ2v) is 16.4. The fourth-order valence-corrected chi connectivity index (χ4v) is 6.64. The molecule has 2 aromatic carbocycles. The van der Waals surface area contributed by atoms with Crippen molar-refractivity contribution in [2.24, 2.45) is 0 Å². The number of carbonyl (C=O) groups is 4. The van der Waals surface area contributed by atoms with Crippen LogP contribution in [-0.2, 0) is 14.2 Å². The molecule has 16 nitrogen and oxygen atoms in total. The Bertz CT molecular complexity index is 2050. The van der Waals surface area contributed by atoms with Gasteiger partial charge < -0.3 is 40.6 Å². The molecule has 0 bridgehead atoms. The number of carbonyl (C=O) groups excluding carboxylic acids is 3. The number of ether oxygens (including phenoxy) is 3. The number of hydrogen-bond acceptors (Lipinski definition) is 13. The van der Waals surface area contributed by atoms with Crippen LogP contribution in [-0.4, -0.2) is 91.6 Å². The normalized spacial score (nSPS) is 19.6. The fraction of sp³-hybridized carbons (Fsp3) is 0.512. The van der Waals surface area contributed by atoms with Crippen LogP contribution in [0, 0.1) is 0 Å². The summed E-state index contributed by atoms with van der Waals surface area (Å²) in [6, 6.07) is 10.6. The summed E-state index contributed by atoms with van der Waals surface area (Å²) in [5, 5.41) is 23.3. The number of anilines is 2. The standard InChI is InChI=1S/C21H28N4O4.C20H26N4O4/c1-21(2,3)29-20(27)24-16-9-7-15(8-10-16)23-19-22-12-14-6-5-13(18(26)28-4)11-17(14)25-19;1-20(2,3)28-19(27)23-15-8-6-14(7-9-15)22-18-21-11-13-5-4-12(17(25)26)10-16(13)24-18/h5-6,11-12,15-16H,7-10H2,1-4H3,(H,24,27)(H,22,23,25);4-5,10-11,14-15H,6-9H2,1-3H3,(H,23,27)(H,25,26)(H,21,22,24). The van der Waals surface area contributed by atoms with E-state index >= 15 is 0 Å². The van der Waals surface area contributed by atoms with Gasteiger partial charge in [0.05, 0.1) is 29.3 Å². The summed E-state index contributed by atoms with van der Waals surface area (Å²) >= 11 is 0. The number of carboxylic acids is 1. The number of hydrogen-bond donors (Lipinski definition) is 5. The van der Waals surface area contributed by atoms with Crippen molar-refractivity contribution in [2.45, 2.75) is 128 Å². The molecule has 2 fully saturated rings. The number of esters is 1. The second-order valence-electron chi connectivity index (χ2n) is 16.4. The van der Waals surface area contributed by atoms with Gasteiger partial charge in [0, 0.05) is 47.3 Å². The first-order valence-corrected chi connectivity index (χ1v) is 19.3. The van der Waals surface area contributed by atoms with Crippen LogP contribution in [0.2, 0.25) is 0 Å². The third-order valence-corrected chi connectivity index (χ3v) is 9.40. The number of methoxy groups -OCH3 is 1. The number of nitrogens with one attached hydrogen (secondary N) is 4. The molecule has 2 aliphatic rings. The summed E-state index contributed by atoms with van der Waals surface area (Å²) in [4.78, 5) is 64.3. The molecule has 16 heteroatoms. The van der Waals surface area contributed by atoms with Crippen molar-refractivity contribution >= 4 is 57.8 Å². The predicted octanol–water partition coefficient (Wildman–Crippen LogP) is 7.24. The van der Waals surface area contributed by atoms with Crippen molar-refractivity contribution in [1.29, 1.82) is 0 Å². The first-order valence-electron chi connectivity index (χ1n) is 19.3. The number of alkyl carbamates (subject to hydrolysis) is 2. The van der Waals surface area contributed by atoms with Gasteiger partial charge in [0.15, 0.2) is 0 Å². The van der Waals surface area contributed by atoms with Crippen LogP contribution >= 0.6 is 0 Å². The Labute approximate surface area is 332 Å². The van der Waals surface area contributed by atoms with Gasteiger partial charge in [-0.05, 0) is 117 Å². The highest BCUT2D eigenvalue weighted by Crippen LogP contribution is 2.25. The summed E-state index contributed by atoms with van der Waals surface area (Å²) in [6.45, 7) is 11.1. The number of carboxylic acid groups (broad SMARTS) is 1. The Hall–Kier alpha value is -5.80. The third-order valence-electron chi connectivity index (χ3n) is 9.40. The Morgan fingerprint density at radius 2 is 1.00 bits per heavy atom. The number of nitrogens with zero attached hydrogens (tertiary/aromatic N) is 4. The topological polar surface area (TPSA) is 216 Å². The van der Waals surface area contributed by atoms with Gasteiger partial charge in [-0.15, -0.1) is 0 Å². The highest BCUT2D eigenvalue weighted by Gasteiger charge is 2.27. The van der Waals surface area contributed by atoms with Gasteiger partial charge in [0.1, 0.15) is 11.2 Å². The molecule has 6 rings (SSSR count). The zero-order valence-corrected chi connectivity index (χ0v) is 33.7. The van der Waals surface area contributed by atoms with Crippen molar-refractivity contribution in [3.8, 4) is 0 Å². The molecule has 2 saturated carbocycles. The molecular formula is C41H54N8O8. The maximum absolute atomic E-state index is 11.9. The quantitative estimate of drug-likeness (QED) is 0.0879. The van der Waals surface area contributed by atoms with Gasteiger partial charge in [-0.3, -0.25) is 0 Å². The SMILES string of the molecule is CC(C)(C)OC(=O)NC1CCC(Nc2ncc3ccc(C(=O)O)cc3n2)CC1.COC(=O)c1ccc2cnc(NC3CCC(NC(=O)OC(C)(C)C)CC3)nc2c1. The van der Waals surface area contributed by atoms with Crippen molar-refractivity contribution in [3.63, 3.8) is 0 Å². The fourth-order valence-electron chi connectivity index (χ4n) is 6.64. The van der Waals surface area contributed by atoms with E-state index in [2.05, 4.69) is 41.2 Å². The highest BCUT2D eigenvalue weighted by molar-refractivity contribution is 5.94. The summed E-state index contributed by atoms with van der Waals surface area (Å²) in [6.07, 6.45) is 9.61. The van der Waals surface area contributed by atoms with Gasteiger partial charge in [-0.1, -0.05) is 12.1 Å². The predicted molar refractivity (Wildman–Crippen MR) is 215 cm³/mol. The Kier molecular flexibility index (Phi) is 13.7. The van der Waals surface area contributed by atoms with E-state index in [0.29, 0.717) is 28.5 Å². The van der Waals surface area contributed by atoms with Crippen molar-refractivity contribution in [3.05, 3.63) is 59.9 Å². The lowest BCUT2D eigenvalue weighted by atomic mass is 9.91. The maximum Gasteiger partial charge on any atom is 0.407 e. The number of fused-ring (bicyclic) bond motifs is 2. The van der Waals surface area contributed by atoms with Crippen LogP contribution in [0.1, 0.15) is 114 Å². The summed E-state index contributed by atoms with van der Waals surface area (Å²) in [5.41, 5.74) is 0.938. The van der Waals surface area contributed by atoms with E-state index in [9.17, 15) is 19.2 Å². The lowest BCUT2D eigenvalue weighted by Crippen LogP contribution is -2.42. The molecule has 5 N–H and O–H groups in total. The van der Waals surface area contributed by atoms with E-state index in [-0.39, 0.29) is 41.9 Å². The highest BCUT2D eigenvalue weighted by atomic mass is 16.6. The van der Waals surface area contributed by atoms with Gasteiger partial charge >= 0.3 is 24.1 Å². The van der Waals surface area contributed by atoms with E-state index in [4.69, 9.17) is 19.3 Å². The summed E-state index contributed by atoms with van der Waals surface area (Å²) < 4.78 is 15.4. The minimum Gasteiger partial charge on any atom is -0.478 e. The van der Waals surface area contributed by atoms with E-state index < -0.39 is 23.1 Å². The first kappa shape index (κ1) is 42.3. The van der Waals surface area contributed by atoms with Gasteiger partial charge in [-0.25, -0.2) is 39.1 Å². The van der Waals surface area contributed by atoms with Crippen LogP contribution in [0.15, 0.2) is 48.8 Å². The molecule has 2 aromatic heterocycles. The Balaban J connectivity index is 0.000000218.